The quantitative estimate of drug-likeness (QED) is 0.759. The summed E-state index contributed by atoms with van der Waals surface area (Å²) < 4.78 is 10.4. The number of carbonyl (C=O) groups excluding carboxylic acids is 1. The number of benzene rings is 1. The summed E-state index contributed by atoms with van der Waals surface area (Å²) >= 11 is 12.0. The Labute approximate surface area is 145 Å². The molecule has 0 saturated carbocycles. The summed E-state index contributed by atoms with van der Waals surface area (Å²) in [5, 5.41) is 3.94. The van der Waals surface area contributed by atoms with E-state index in [9.17, 15) is 4.79 Å². The predicted octanol–water partition coefficient (Wildman–Crippen LogP) is 5.00. The fourth-order valence-electron chi connectivity index (χ4n) is 2.29. The first-order valence-electron chi connectivity index (χ1n) is 7.38. The van der Waals surface area contributed by atoms with Gasteiger partial charge in [0.15, 0.2) is 5.76 Å². The van der Waals surface area contributed by atoms with Gasteiger partial charge in [0, 0.05) is 7.11 Å². The van der Waals surface area contributed by atoms with Gasteiger partial charge in [0.1, 0.15) is 12.4 Å². The molecule has 0 spiro atoms. The van der Waals surface area contributed by atoms with E-state index in [0.717, 1.165) is 18.4 Å². The van der Waals surface area contributed by atoms with E-state index >= 15 is 0 Å². The second-order valence-corrected chi connectivity index (χ2v) is 6.00. The van der Waals surface area contributed by atoms with Crippen LogP contribution in [0.3, 0.4) is 0 Å². The maximum atomic E-state index is 12.4. The van der Waals surface area contributed by atoms with Crippen molar-refractivity contribution in [3.05, 3.63) is 57.5 Å². The van der Waals surface area contributed by atoms with E-state index in [2.05, 4.69) is 12.2 Å². The Kier molecular flexibility index (Phi) is 6.51. The van der Waals surface area contributed by atoms with Crippen molar-refractivity contribution in [1.82, 2.24) is 5.32 Å². The molecule has 0 radical (unpaired) electrons. The van der Waals surface area contributed by atoms with Crippen LogP contribution in [0.15, 0.2) is 34.7 Å². The van der Waals surface area contributed by atoms with Gasteiger partial charge >= 0.3 is 0 Å². The number of halogens is 2. The van der Waals surface area contributed by atoms with Crippen molar-refractivity contribution in [2.24, 2.45) is 0 Å². The SMILES string of the molecule is CCCC(NC(=O)c1ccc(COC)o1)c1ccc(Cl)c(Cl)c1. The molecule has 0 saturated heterocycles. The minimum Gasteiger partial charge on any atom is -0.453 e. The zero-order valence-electron chi connectivity index (χ0n) is 13.1. The molecule has 0 bridgehead atoms. The molecule has 0 aliphatic rings. The number of hydrogen-bond acceptors (Lipinski definition) is 3. The maximum absolute atomic E-state index is 12.4. The molecular weight excluding hydrogens is 337 g/mol. The van der Waals surface area contributed by atoms with Gasteiger partial charge in [-0.3, -0.25) is 4.79 Å². The zero-order valence-corrected chi connectivity index (χ0v) is 14.6. The Morgan fingerprint density at radius 2 is 2.04 bits per heavy atom. The lowest BCUT2D eigenvalue weighted by Gasteiger charge is -2.18. The molecule has 6 heteroatoms. The van der Waals surface area contributed by atoms with Crippen molar-refractivity contribution in [1.29, 1.82) is 0 Å². The predicted molar refractivity (Wildman–Crippen MR) is 91.0 cm³/mol. The van der Waals surface area contributed by atoms with Crippen molar-refractivity contribution >= 4 is 29.1 Å². The number of furan rings is 1. The summed E-state index contributed by atoms with van der Waals surface area (Å²) in [6, 6.07) is 8.60. The number of carbonyl (C=O) groups is 1. The third-order valence-corrected chi connectivity index (χ3v) is 4.14. The summed E-state index contributed by atoms with van der Waals surface area (Å²) in [5.41, 5.74) is 0.915. The van der Waals surface area contributed by atoms with Gasteiger partial charge in [-0.15, -0.1) is 0 Å². The molecule has 0 aliphatic heterocycles. The van der Waals surface area contributed by atoms with Gasteiger partial charge in [0.25, 0.3) is 5.91 Å². The van der Waals surface area contributed by atoms with E-state index in [4.69, 9.17) is 32.4 Å². The number of rotatable bonds is 7. The molecular formula is C17H19Cl2NO3. The van der Waals surface area contributed by atoms with Crippen LogP contribution >= 0.6 is 23.2 Å². The summed E-state index contributed by atoms with van der Waals surface area (Å²) in [6.07, 6.45) is 1.70. The van der Waals surface area contributed by atoms with Gasteiger partial charge in [-0.05, 0) is 36.2 Å². The van der Waals surface area contributed by atoms with Gasteiger partial charge < -0.3 is 14.5 Å². The number of methoxy groups -OCH3 is 1. The molecule has 2 aromatic rings. The van der Waals surface area contributed by atoms with Crippen molar-refractivity contribution < 1.29 is 13.9 Å². The van der Waals surface area contributed by atoms with E-state index in [-0.39, 0.29) is 17.7 Å². The number of nitrogens with one attached hydrogen (secondary N) is 1. The standard InChI is InChI=1S/C17H19Cl2NO3/c1-3-4-15(11-5-7-13(18)14(19)9-11)20-17(21)16-8-6-12(23-16)10-22-2/h5-9,15H,3-4,10H2,1-2H3,(H,20,21). The molecule has 23 heavy (non-hydrogen) atoms. The topological polar surface area (TPSA) is 51.5 Å². The molecule has 1 N–H and O–H groups in total. The first kappa shape index (κ1) is 17.9. The van der Waals surface area contributed by atoms with E-state index < -0.39 is 0 Å². The van der Waals surface area contributed by atoms with Gasteiger partial charge in [-0.1, -0.05) is 42.6 Å². The molecule has 4 nitrogen and oxygen atoms in total. The van der Waals surface area contributed by atoms with Crippen LogP contribution in [0.2, 0.25) is 10.0 Å². The van der Waals surface area contributed by atoms with Crippen molar-refractivity contribution in [2.75, 3.05) is 7.11 Å². The van der Waals surface area contributed by atoms with Crippen LogP contribution in [0.5, 0.6) is 0 Å². The van der Waals surface area contributed by atoms with Gasteiger partial charge in [0.05, 0.1) is 16.1 Å². The van der Waals surface area contributed by atoms with Crippen molar-refractivity contribution in [3.63, 3.8) is 0 Å². The van der Waals surface area contributed by atoms with Crippen molar-refractivity contribution in [3.8, 4) is 0 Å². The lowest BCUT2D eigenvalue weighted by molar-refractivity contribution is 0.0897. The minimum atomic E-state index is -0.267. The highest BCUT2D eigenvalue weighted by Gasteiger charge is 2.18. The summed E-state index contributed by atoms with van der Waals surface area (Å²) in [7, 11) is 1.57. The molecule has 1 atom stereocenters. The van der Waals surface area contributed by atoms with Crippen molar-refractivity contribution in [2.45, 2.75) is 32.4 Å². The van der Waals surface area contributed by atoms with Gasteiger partial charge in [-0.2, -0.15) is 0 Å². The highest BCUT2D eigenvalue weighted by atomic mass is 35.5. The first-order chi connectivity index (χ1) is 11.0. The average Bonchev–Trinajstić information content (AvgIpc) is 2.99. The van der Waals surface area contributed by atoms with Crippen LogP contribution in [0.1, 0.15) is 47.7 Å². The largest absolute Gasteiger partial charge is 0.453 e. The van der Waals surface area contributed by atoms with Crippen LogP contribution in [0.4, 0.5) is 0 Å². The normalized spacial score (nSPS) is 12.2. The van der Waals surface area contributed by atoms with E-state index in [1.165, 1.54) is 0 Å². The zero-order chi connectivity index (χ0) is 16.8. The Balaban J connectivity index is 2.14. The molecule has 1 amide bonds. The molecule has 1 aromatic carbocycles. The minimum absolute atomic E-state index is 0.154. The molecule has 0 aliphatic carbocycles. The molecule has 1 heterocycles. The monoisotopic (exact) mass is 355 g/mol. The van der Waals surface area contributed by atoms with Gasteiger partial charge in [0.2, 0.25) is 0 Å². The molecule has 0 fully saturated rings. The van der Waals surface area contributed by atoms with Crippen LogP contribution in [-0.4, -0.2) is 13.0 Å². The lowest BCUT2D eigenvalue weighted by atomic mass is 10.0. The number of ether oxygens (including phenoxy) is 1. The number of amides is 1. The van der Waals surface area contributed by atoms with E-state index in [0.29, 0.717) is 22.4 Å². The van der Waals surface area contributed by atoms with E-state index in [1.54, 1.807) is 31.4 Å². The summed E-state index contributed by atoms with van der Waals surface area (Å²) in [5.74, 6) is 0.606. The third-order valence-electron chi connectivity index (χ3n) is 3.40. The number of hydrogen-bond donors (Lipinski definition) is 1. The maximum Gasteiger partial charge on any atom is 0.287 e. The fraction of sp³-hybridized carbons (Fsp3) is 0.353. The molecule has 124 valence electrons. The van der Waals surface area contributed by atoms with Crippen LogP contribution in [-0.2, 0) is 11.3 Å². The molecule has 1 aromatic heterocycles. The summed E-state index contributed by atoms with van der Waals surface area (Å²) in [6.45, 7) is 2.39. The molecule has 1 unspecified atom stereocenters. The fourth-order valence-corrected chi connectivity index (χ4v) is 2.60. The first-order valence-corrected chi connectivity index (χ1v) is 8.14. The smallest absolute Gasteiger partial charge is 0.287 e. The Morgan fingerprint density at radius 3 is 2.70 bits per heavy atom. The highest BCUT2D eigenvalue weighted by molar-refractivity contribution is 6.42. The summed E-state index contributed by atoms with van der Waals surface area (Å²) in [4.78, 5) is 12.4. The highest BCUT2D eigenvalue weighted by Crippen LogP contribution is 2.27. The second-order valence-electron chi connectivity index (χ2n) is 5.19. The van der Waals surface area contributed by atoms with Crippen LogP contribution in [0, 0.1) is 0 Å². The van der Waals surface area contributed by atoms with E-state index in [1.807, 2.05) is 6.07 Å². The van der Waals surface area contributed by atoms with Crippen LogP contribution < -0.4 is 5.32 Å². The molecule has 2 rings (SSSR count). The van der Waals surface area contributed by atoms with Gasteiger partial charge in [-0.25, -0.2) is 0 Å². The van der Waals surface area contributed by atoms with Crippen LogP contribution in [0.25, 0.3) is 0 Å². The Bertz CT molecular complexity index is 670. The average molecular weight is 356 g/mol. The third kappa shape index (κ3) is 4.74. The Hall–Kier alpha value is -1.49. The lowest BCUT2D eigenvalue weighted by Crippen LogP contribution is -2.28. The second kappa shape index (κ2) is 8.39. The Morgan fingerprint density at radius 1 is 1.26 bits per heavy atom.